The normalized spacial score (nSPS) is 15.6. The fourth-order valence-corrected chi connectivity index (χ4v) is 4.16. The summed E-state index contributed by atoms with van der Waals surface area (Å²) in [5, 5.41) is 3.38. The van der Waals surface area contributed by atoms with E-state index in [9.17, 15) is 8.60 Å². The first kappa shape index (κ1) is 22.8. The third-order valence-electron chi connectivity index (χ3n) is 4.98. The molecule has 1 aliphatic rings. The van der Waals surface area contributed by atoms with Gasteiger partial charge >= 0.3 is 0 Å². The molecule has 0 saturated carbocycles. The van der Waals surface area contributed by atoms with Crippen LogP contribution in [0.4, 0.5) is 15.9 Å². The van der Waals surface area contributed by atoms with Gasteiger partial charge in [-0.05, 0) is 24.6 Å². The summed E-state index contributed by atoms with van der Waals surface area (Å²) in [6.45, 7) is 4.75. The van der Waals surface area contributed by atoms with Gasteiger partial charge in [0, 0.05) is 37.6 Å². The molecule has 2 aromatic heterocycles. The van der Waals surface area contributed by atoms with Crippen LogP contribution >= 0.6 is 11.6 Å². The number of hydrogen-bond donors (Lipinski definition) is 1. The summed E-state index contributed by atoms with van der Waals surface area (Å²) in [6, 6.07) is 5.98. The van der Waals surface area contributed by atoms with Crippen LogP contribution in [0.2, 0.25) is 5.02 Å². The van der Waals surface area contributed by atoms with E-state index in [2.05, 4.69) is 25.2 Å². The number of nitrogens with one attached hydrogen (secondary N) is 1. The lowest BCUT2D eigenvalue weighted by atomic mass is 10.3. The second-order valence-electron chi connectivity index (χ2n) is 7.25. The first-order valence-electron chi connectivity index (χ1n) is 10.2. The van der Waals surface area contributed by atoms with Crippen LogP contribution in [0.1, 0.15) is 6.42 Å². The first-order valence-corrected chi connectivity index (χ1v) is 12.1. The van der Waals surface area contributed by atoms with Gasteiger partial charge in [-0.15, -0.1) is 0 Å². The van der Waals surface area contributed by atoms with Crippen molar-refractivity contribution in [1.82, 2.24) is 19.9 Å². The van der Waals surface area contributed by atoms with Crippen LogP contribution in [0.15, 0.2) is 35.6 Å². The molecule has 1 N–H and O–H groups in total. The minimum absolute atomic E-state index is 0.00978. The molecular formula is C21H23ClFN5O3S. The summed E-state index contributed by atoms with van der Waals surface area (Å²) in [4.78, 5) is 15.4. The van der Waals surface area contributed by atoms with Crippen molar-refractivity contribution >= 4 is 44.9 Å². The van der Waals surface area contributed by atoms with Gasteiger partial charge in [-0.2, -0.15) is 0 Å². The Hall–Kier alpha value is -2.40. The molecule has 1 aliphatic heterocycles. The van der Waals surface area contributed by atoms with E-state index in [1.54, 1.807) is 18.4 Å². The molecular weight excluding hydrogens is 457 g/mol. The van der Waals surface area contributed by atoms with Gasteiger partial charge in [0.15, 0.2) is 16.6 Å². The van der Waals surface area contributed by atoms with E-state index in [-0.39, 0.29) is 5.02 Å². The highest BCUT2D eigenvalue weighted by Gasteiger charge is 2.16. The maximum atomic E-state index is 13.5. The number of pyridine rings is 1. The van der Waals surface area contributed by atoms with E-state index >= 15 is 0 Å². The molecule has 3 aromatic rings. The molecule has 0 aliphatic carbocycles. The molecule has 11 heteroatoms. The number of benzene rings is 1. The highest BCUT2D eigenvalue weighted by molar-refractivity contribution is 7.84. The SMILES string of the molecule is CS(=O)c1nc2c(Nc3ccc(F)c(Cl)c3)ncnc2cc1OCCCN1CCOCC1. The molecule has 0 spiro atoms. The average molecular weight is 480 g/mol. The quantitative estimate of drug-likeness (QED) is 0.492. The van der Waals surface area contributed by atoms with Gasteiger partial charge in [0.25, 0.3) is 0 Å². The summed E-state index contributed by atoms with van der Waals surface area (Å²) in [6.07, 6.45) is 3.77. The Morgan fingerprint density at radius 3 is 2.84 bits per heavy atom. The van der Waals surface area contributed by atoms with Crippen LogP contribution in [0, 0.1) is 5.82 Å². The molecule has 1 fully saturated rings. The second kappa shape index (κ2) is 10.5. The van der Waals surface area contributed by atoms with E-state index < -0.39 is 16.6 Å². The monoisotopic (exact) mass is 479 g/mol. The predicted octanol–water partition coefficient (Wildman–Crippen LogP) is 3.40. The lowest BCUT2D eigenvalue weighted by Gasteiger charge is -2.26. The second-order valence-corrected chi connectivity index (χ2v) is 8.95. The fraction of sp³-hybridized carbons (Fsp3) is 0.381. The minimum Gasteiger partial charge on any atom is -0.491 e. The van der Waals surface area contributed by atoms with Gasteiger partial charge in [0.2, 0.25) is 0 Å². The molecule has 1 unspecified atom stereocenters. The summed E-state index contributed by atoms with van der Waals surface area (Å²) in [7, 11) is -1.38. The number of halogens is 2. The Kier molecular flexibility index (Phi) is 7.46. The Balaban J connectivity index is 1.53. The zero-order valence-corrected chi connectivity index (χ0v) is 19.1. The molecule has 8 nitrogen and oxygen atoms in total. The lowest BCUT2D eigenvalue weighted by Crippen LogP contribution is -2.37. The summed E-state index contributed by atoms with van der Waals surface area (Å²) < 4.78 is 37.1. The third kappa shape index (κ3) is 5.50. The molecule has 1 saturated heterocycles. The van der Waals surface area contributed by atoms with E-state index in [1.807, 2.05) is 0 Å². The van der Waals surface area contributed by atoms with Gasteiger partial charge in [-0.25, -0.2) is 19.3 Å². The van der Waals surface area contributed by atoms with Crippen LogP contribution in [0.3, 0.4) is 0 Å². The number of nitrogens with zero attached hydrogens (tertiary/aromatic N) is 4. The summed E-state index contributed by atoms with van der Waals surface area (Å²) in [5.41, 5.74) is 1.51. The van der Waals surface area contributed by atoms with Crippen molar-refractivity contribution in [1.29, 1.82) is 0 Å². The van der Waals surface area contributed by atoms with Crippen molar-refractivity contribution in [3.63, 3.8) is 0 Å². The molecule has 1 aromatic carbocycles. The Labute approximate surface area is 192 Å². The minimum atomic E-state index is -1.38. The van der Waals surface area contributed by atoms with Crippen molar-refractivity contribution in [3.05, 3.63) is 41.4 Å². The number of rotatable bonds is 8. The van der Waals surface area contributed by atoms with Gasteiger partial charge in [-0.1, -0.05) is 11.6 Å². The number of anilines is 2. The van der Waals surface area contributed by atoms with Crippen LogP contribution in [-0.4, -0.2) is 69.8 Å². The van der Waals surface area contributed by atoms with E-state index in [0.717, 1.165) is 39.3 Å². The molecule has 170 valence electrons. The van der Waals surface area contributed by atoms with Crippen molar-refractivity contribution in [2.75, 3.05) is 51.0 Å². The molecule has 0 bridgehead atoms. The van der Waals surface area contributed by atoms with E-state index in [4.69, 9.17) is 21.1 Å². The molecule has 0 amide bonds. The maximum Gasteiger partial charge on any atom is 0.169 e. The van der Waals surface area contributed by atoms with E-state index in [0.29, 0.717) is 39.9 Å². The highest BCUT2D eigenvalue weighted by atomic mass is 35.5. The van der Waals surface area contributed by atoms with Crippen molar-refractivity contribution < 1.29 is 18.1 Å². The number of hydrogen-bond acceptors (Lipinski definition) is 8. The first-order chi connectivity index (χ1) is 15.5. The van der Waals surface area contributed by atoms with Crippen molar-refractivity contribution in [2.45, 2.75) is 11.4 Å². The van der Waals surface area contributed by atoms with Gasteiger partial charge in [-0.3, -0.25) is 9.11 Å². The van der Waals surface area contributed by atoms with Crippen LogP contribution < -0.4 is 10.1 Å². The van der Waals surface area contributed by atoms with Gasteiger partial charge in [0.1, 0.15) is 17.7 Å². The Morgan fingerprint density at radius 1 is 1.28 bits per heavy atom. The van der Waals surface area contributed by atoms with Crippen molar-refractivity contribution in [2.24, 2.45) is 0 Å². The van der Waals surface area contributed by atoms with Gasteiger partial charge < -0.3 is 14.8 Å². The third-order valence-corrected chi connectivity index (χ3v) is 6.10. The number of ether oxygens (including phenoxy) is 2. The number of aromatic nitrogens is 3. The largest absolute Gasteiger partial charge is 0.491 e. The molecule has 32 heavy (non-hydrogen) atoms. The Bertz CT molecular complexity index is 1130. The van der Waals surface area contributed by atoms with Crippen LogP contribution in [0.5, 0.6) is 5.75 Å². The molecule has 1 atom stereocenters. The van der Waals surface area contributed by atoms with Crippen LogP contribution in [-0.2, 0) is 15.5 Å². The summed E-state index contributed by atoms with van der Waals surface area (Å²) >= 11 is 5.87. The maximum absolute atomic E-state index is 13.5. The highest BCUT2D eigenvalue weighted by Crippen LogP contribution is 2.29. The fourth-order valence-electron chi connectivity index (χ4n) is 3.36. The Morgan fingerprint density at radius 2 is 2.09 bits per heavy atom. The topological polar surface area (TPSA) is 89.5 Å². The zero-order valence-electron chi connectivity index (χ0n) is 17.5. The van der Waals surface area contributed by atoms with Gasteiger partial charge in [0.05, 0.1) is 41.2 Å². The predicted molar refractivity (Wildman–Crippen MR) is 122 cm³/mol. The molecule has 0 radical (unpaired) electrons. The standard InChI is InChI=1S/C21H23ClFN5O3S/c1-32(29)21-18(31-8-2-5-28-6-9-30-10-7-28)12-17-19(27-21)20(25-13-24-17)26-14-3-4-16(23)15(22)11-14/h3-4,11-13H,2,5-10H2,1H3,(H,24,25,26). The number of fused-ring (bicyclic) bond motifs is 1. The van der Waals surface area contributed by atoms with Crippen LogP contribution in [0.25, 0.3) is 11.0 Å². The van der Waals surface area contributed by atoms with Crippen molar-refractivity contribution in [3.8, 4) is 5.75 Å². The summed E-state index contributed by atoms with van der Waals surface area (Å²) in [5.74, 6) is 0.319. The molecule has 4 rings (SSSR count). The average Bonchev–Trinajstić information content (AvgIpc) is 2.79. The lowest BCUT2D eigenvalue weighted by molar-refractivity contribution is 0.0357. The zero-order chi connectivity index (χ0) is 22.5. The number of morpholine rings is 1. The smallest absolute Gasteiger partial charge is 0.169 e. The molecule has 3 heterocycles. The van der Waals surface area contributed by atoms with E-state index in [1.165, 1.54) is 18.5 Å².